The Bertz CT molecular complexity index is 693. The molecule has 0 atom stereocenters. The summed E-state index contributed by atoms with van der Waals surface area (Å²) < 4.78 is 15.1. The average molecular weight is 248 g/mol. The third kappa shape index (κ3) is 1.66. The van der Waals surface area contributed by atoms with Crippen molar-refractivity contribution in [3.8, 4) is 11.3 Å². The molecule has 0 unspecified atom stereocenters. The van der Waals surface area contributed by atoms with E-state index in [1.54, 1.807) is 36.5 Å². The highest BCUT2D eigenvalue weighted by Gasteiger charge is 2.09. The van der Waals surface area contributed by atoms with Crippen LogP contribution < -0.4 is 0 Å². The van der Waals surface area contributed by atoms with E-state index in [0.717, 1.165) is 0 Å². The van der Waals surface area contributed by atoms with Crippen LogP contribution in [0.5, 0.6) is 0 Å². The van der Waals surface area contributed by atoms with Gasteiger partial charge in [-0.1, -0.05) is 23.7 Å². The minimum Gasteiger partial charge on any atom is -0.228 e. The molecule has 3 rings (SSSR count). The second-order valence-electron chi connectivity index (χ2n) is 3.55. The molecule has 0 aliphatic rings. The van der Waals surface area contributed by atoms with Gasteiger partial charge >= 0.3 is 0 Å². The SMILES string of the molecule is Fc1ccccc1-c1cc(Cl)n2nccc2n1. The third-order valence-electron chi connectivity index (χ3n) is 2.47. The number of rotatable bonds is 1. The van der Waals surface area contributed by atoms with Gasteiger partial charge in [0.05, 0.1) is 11.9 Å². The number of hydrogen-bond acceptors (Lipinski definition) is 2. The molecule has 84 valence electrons. The number of fused-ring (bicyclic) bond motifs is 1. The van der Waals surface area contributed by atoms with Gasteiger partial charge in [-0.3, -0.25) is 0 Å². The van der Waals surface area contributed by atoms with E-state index in [1.165, 1.54) is 10.6 Å². The predicted octanol–water partition coefficient (Wildman–Crippen LogP) is 3.19. The maximum absolute atomic E-state index is 13.6. The Labute approximate surface area is 101 Å². The summed E-state index contributed by atoms with van der Waals surface area (Å²) >= 11 is 6.04. The first kappa shape index (κ1) is 10.2. The topological polar surface area (TPSA) is 30.2 Å². The van der Waals surface area contributed by atoms with Gasteiger partial charge in [-0.15, -0.1) is 0 Å². The van der Waals surface area contributed by atoms with Crippen LogP contribution in [-0.4, -0.2) is 14.6 Å². The summed E-state index contributed by atoms with van der Waals surface area (Å²) in [5.74, 6) is -0.320. The molecule has 0 aliphatic heterocycles. The molecule has 3 nitrogen and oxygen atoms in total. The molecule has 0 N–H and O–H groups in total. The van der Waals surface area contributed by atoms with Gasteiger partial charge < -0.3 is 0 Å². The van der Waals surface area contributed by atoms with Gasteiger partial charge in [-0.2, -0.15) is 5.10 Å². The standard InChI is InChI=1S/C12H7ClFN3/c13-11-7-10(8-3-1-2-4-9(8)14)16-12-5-6-15-17(11)12/h1-7H. The monoisotopic (exact) mass is 247 g/mol. The number of aromatic nitrogens is 3. The normalized spacial score (nSPS) is 10.9. The number of nitrogens with zero attached hydrogens (tertiary/aromatic N) is 3. The van der Waals surface area contributed by atoms with Crippen molar-refractivity contribution in [1.29, 1.82) is 0 Å². The quantitative estimate of drug-likeness (QED) is 0.618. The molecule has 0 aliphatic carbocycles. The molecule has 0 radical (unpaired) electrons. The van der Waals surface area contributed by atoms with Crippen LogP contribution in [-0.2, 0) is 0 Å². The zero-order chi connectivity index (χ0) is 11.8. The zero-order valence-electron chi connectivity index (χ0n) is 8.64. The fraction of sp³-hybridized carbons (Fsp3) is 0. The Morgan fingerprint density at radius 3 is 2.82 bits per heavy atom. The highest BCUT2D eigenvalue weighted by Crippen LogP contribution is 2.24. The van der Waals surface area contributed by atoms with Gasteiger partial charge in [0, 0.05) is 17.7 Å². The lowest BCUT2D eigenvalue weighted by molar-refractivity contribution is 0.630. The van der Waals surface area contributed by atoms with Crippen LogP contribution in [0.2, 0.25) is 5.15 Å². The van der Waals surface area contributed by atoms with Crippen molar-refractivity contribution >= 4 is 17.2 Å². The van der Waals surface area contributed by atoms with Crippen LogP contribution >= 0.6 is 11.6 Å². The van der Waals surface area contributed by atoms with E-state index in [1.807, 2.05) is 0 Å². The van der Waals surface area contributed by atoms with Crippen molar-refractivity contribution in [3.05, 3.63) is 53.6 Å². The van der Waals surface area contributed by atoms with Gasteiger partial charge in [0.15, 0.2) is 5.65 Å². The van der Waals surface area contributed by atoms with Gasteiger partial charge in [-0.05, 0) is 12.1 Å². The molecule has 5 heteroatoms. The summed E-state index contributed by atoms with van der Waals surface area (Å²) in [6, 6.07) is 9.77. The van der Waals surface area contributed by atoms with Crippen LogP contribution in [0.3, 0.4) is 0 Å². The molecule has 3 aromatic rings. The van der Waals surface area contributed by atoms with Gasteiger partial charge in [0.25, 0.3) is 0 Å². The molecule has 2 aromatic heterocycles. The van der Waals surface area contributed by atoms with Crippen molar-refractivity contribution in [2.45, 2.75) is 0 Å². The first-order valence-corrected chi connectivity index (χ1v) is 5.39. The Kier molecular flexibility index (Phi) is 2.30. The predicted molar refractivity (Wildman–Crippen MR) is 63.4 cm³/mol. The van der Waals surface area contributed by atoms with Crippen LogP contribution in [0.4, 0.5) is 4.39 Å². The first-order valence-electron chi connectivity index (χ1n) is 5.01. The van der Waals surface area contributed by atoms with E-state index in [-0.39, 0.29) is 5.82 Å². The third-order valence-corrected chi connectivity index (χ3v) is 2.73. The molecule has 0 bridgehead atoms. The number of benzene rings is 1. The van der Waals surface area contributed by atoms with Crippen molar-refractivity contribution in [1.82, 2.24) is 14.6 Å². The van der Waals surface area contributed by atoms with Crippen LogP contribution in [0.25, 0.3) is 16.9 Å². The maximum Gasteiger partial charge on any atom is 0.157 e. The molecule has 0 saturated heterocycles. The largest absolute Gasteiger partial charge is 0.228 e. The Morgan fingerprint density at radius 2 is 2.00 bits per heavy atom. The molecule has 0 amide bonds. The smallest absolute Gasteiger partial charge is 0.157 e. The molecule has 2 heterocycles. The van der Waals surface area contributed by atoms with E-state index in [4.69, 9.17) is 11.6 Å². The summed E-state index contributed by atoms with van der Waals surface area (Å²) in [6.07, 6.45) is 1.60. The lowest BCUT2D eigenvalue weighted by atomic mass is 10.1. The van der Waals surface area contributed by atoms with Crippen molar-refractivity contribution in [2.75, 3.05) is 0 Å². The summed E-state index contributed by atoms with van der Waals surface area (Å²) in [6.45, 7) is 0. The second kappa shape index (κ2) is 3.82. The minimum absolute atomic E-state index is 0.320. The minimum atomic E-state index is -0.320. The first-order chi connectivity index (χ1) is 8.25. The second-order valence-corrected chi connectivity index (χ2v) is 3.93. The van der Waals surface area contributed by atoms with E-state index < -0.39 is 0 Å². The van der Waals surface area contributed by atoms with Crippen molar-refractivity contribution in [3.63, 3.8) is 0 Å². The Hall–Kier alpha value is -1.94. The highest BCUT2D eigenvalue weighted by molar-refractivity contribution is 6.30. The summed E-state index contributed by atoms with van der Waals surface area (Å²) in [4.78, 5) is 4.30. The van der Waals surface area contributed by atoms with Gasteiger partial charge in [-0.25, -0.2) is 13.9 Å². The van der Waals surface area contributed by atoms with Gasteiger partial charge in [0.2, 0.25) is 0 Å². The molecule has 0 fully saturated rings. The van der Waals surface area contributed by atoms with Crippen molar-refractivity contribution < 1.29 is 4.39 Å². The van der Waals surface area contributed by atoms with E-state index in [0.29, 0.717) is 22.1 Å². The molecule has 0 spiro atoms. The summed E-state index contributed by atoms with van der Waals surface area (Å²) in [5, 5.41) is 4.41. The average Bonchev–Trinajstić information content (AvgIpc) is 2.78. The number of hydrogen-bond donors (Lipinski definition) is 0. The lowest BCUT2D eigenvalue weighted by Crippen LogP contribution is -1.95. The Morgan fingerprint density at radius 1 is 1.18 bits per heavy atom. The molecule has 17 heavy (non-hydrogen) atoms. The maximum atomic E-state index is 13.6. The van der Waals surface area contributed by atoms with E-state index >= 15 is 0 Å². The fourth-order valence-electron chi connectivity index (χ4n) is 1.68. The molecule has 1 aromatic carbocycles. The van der Waals surface area contributed by atoms with Gasteiger partial charge in [0.1, 0.15) is 11.0 Å². The molecular weight excluding hydrogens is 241 g/mol. The fourth-order valence-corrected chi connectivity index (χ4v) is 1.92. The van der Waals surface area contributed by atoms with Crippen LogP contribution in [0.15, 0.2) is 42.6 Å². The van der Waals surface area contributed by atoms with E-state index in [2.05, 4.69) is 10.1 Å². The van der Waals surface area contributed by atoms with Crippen LogP contribution in [0.1, 0.15) is 0 Å². The van der Waals surface area contributed by atoms with Crippen LogP contribution in [0, 0.1) is 5.82 Å². The highest BCUT2D eigenvalue weighted by atomic mass is 35.5. The lowest BCUT2D eigenvalue weighted by Gasteiger charge is -2.04. The summed E-state index contributed by atoms with van der Waals surface area (Å²) in [7, 11) is 0. The Balaban J connectivity index is 2.28. The molecular formula is C12H7ClFN3. The number of halogens is 2. The summed E-state index contributed by atoms with van der Waals surface area (Å²) in [5.41, 5.74) is 1.52. The zero-order valence-corrected chi connectivity index (χ0v) is 9.39. The van der Waals surface area contributed by atoms with E-state index in [9.17, 15) is 4.39 Å². The van der Waals surface area contributed by atoms with Crippen molar-refractivity contribution in [2.24, 2.45) is 0 Å². The molecule has 0 saturated carbocycles.